The Hall–Kier alpha value is -1.56. The molecule has 2 aromatic rings. The summed E-state index contributed by atoms with van der Waals surface area (Å²) in [4.78, 5) is 18.8. The number of likely N-dealkylation sites (N-methyl/N-ethyl adjacent to an activating group) is 2. The first-order chi connectivity index (χ1) is 13.0. The first-order valence-corrected chi connectivity index (χ1v) is 10.6. The summed E-state index contributed by atoms with van der Waals surface area (Å²) < 4.78 is 5.27. The number of amides is 1. The van der Waals surface area contributed by atoms with Crippen LogP contribution in [0.3, 0.4) is 0 Å². The van der Waals surface area contributed by atoms with Crippen molar-refractivity contribution >= 4 is 28.8 Å². The van der Waals surface area contributed by atoms with E-state index in [1.54, 1.807) is 36.6 Å². The molecule has 1 amide bonds. The van der Waals surface area contributed by atoms with Gasteiger partial charge in [-0.15, -0.1) is 11.3 Å². The lowest BCUT2D eigenvalue weighted by Crippen LogP contribution is -2.52. The fraction of sp³-hybridized carbons (Fsp3) is 0.476. The van der Waals surface area contributed by atoms with Crippen molar-refractivity contribution in [3.05, 3.63) is 51.2 Å². The maximum absolute atomic E-state index is 13.1. The number of rotatable bonds is 6. The highest BCUT2D eigenvalue weighted by molar-refractivity contribution is 7.09. The Bertz CT molecular complexity index is 766. The molecule has 2 atom stereocenters. The highest BCUT2D eigenvalue weighted by atomic mass is 35.5. The van der Waals surface area contributed by atoms with Crippen LogP contribution in [-0.2, 0) is 6.54 Å². The molecule has 27 heavy (non-hydrogen) atoms. The van der Waals surface area contributed by atoms with Crippen molar-refractivity contribution in [1.82, 2.24) is 9.80 Å². The van der Waals surface area contributed by atoms with E-state index >= 15 is 0 Å². The molecule has 0 unspecified atom stereocenters. The summed E-state index contributed by atoms with van der Waals surface area (Å²) in [6.45, 7) is 0.926. The van der Waals surface area contributed by atoms with Gasteiger partial charge in [0.15, 0.2) is 0 Å². The van der Waals surface area contributed by atoms with E-state index in [9.17, 15) is 4.79 Å². The first-order valence-electron chi connectivity index (χ1n) is 9.34. The van der Waals surface area contributed by atoms with Crippen molar-refractivity contribution in [2.45, 2.75) is 44.3 Å². The smallest absolute Gasteiger partial charge is 0.254 e. The van der Waals surface area contributed by atoms with Crippen LogP contribution in [-0.4, -0.2) is 49.0 Å². The predicted molar refractivity (Wildman–Crippen MR) is 112 cm³/mol. The monoisotopic (exact) mass is 406 g/mol. The Kier molecular flexibility index (Phi) is 6.79. The van der Waals surface area contributed by atoms with E-state index < -0.39 is 0 Å². The molecule has 0 aliphatic heterocycles. The molecular formula is C21H27ClN2O2S. The normalized spacial score (nSPS) is 19.9. The number of ether oxygens (including phenoxy) is 1. The van der Waals surface area contributed by atoms with Gasteiger partial charge in [-0.3, -0.25) is 9.69 Å². The minimum atomic E-state index is 0.0198. The van der Waals surface area contributed by atoms with E-state index in [0.29, 0.717) is 22.4 Å². The highest BCUT2D eigenvalue weighted by Crippen LogP contribution is 2.30. The summed E-state index contributed by atoms with van der Waals surface area (Å²) in [7, 11) is 5.66. The topological polar surface area (TPSA) is 32.8 Å². The minimum Gasteiger partial charge on any atom is -0.495 e. The molecule has 0 N–H and O–H groups in total. The number of halogens is 1. The molecule has 3 rings (SSSR count). The molecule has 1 fully saturated rings. The summed E-state index contributed by atoms with van der Waals surface area (Å²) in [6, 6.07) is 10.1. The number of carbonyl (C=O) groups excluding carboxylic acids is 1. The lowest BCUT2D eigenvalue weighted by molar-refractivity contribution is 0.0488. The zero-order valence-corrected chi connectivity index (χ0v) is 17.7. The third-order valence-corrected chi connectivity index (χ3v) is 6.63. The first kappa shape index (κ1) is 20.2. The predicted octanol–water partition coefficient (Wildman–Crippen LogP) is 4.93. The molecule has 1 heterocycles. The van der Waals surface area contributed by atoms with E-state index in [2.05, 4.69) is 29.5 Å². The van der Waals surface area contributed by atoms with Gasteiger partial charge in [-0.1, -0.05) is 30.5 Å². The molecule has 1 aromatic carbocycles. The summed E-state index contributed by atoms with van der Waals surface area (Å²) in [6.07, 6.45) is 4.53. The van der Waals surface area contributed by atoms with Crippen LogP contribution in [0.1, 0.15) is 40.9 Å². The largest absolute Gasteiger partial charge is 0.495 e. The summed E-state index contributed by atoms with van der Waals surface area (Å²) >= 11 is 7.89. The molecule has 0 bridgehead atoms. The zero-order chi connectivity index (χ0) is 19.4. The molecule has 0 radical (unpaired) electrons. The maximum atomic E-state index is 13.1. The van der Waals surface area contributed by atoms with Crippen LogP contribution in [0.5, 0.6) is 5.75 Å². The standard InChI is InChI=1S/C21H27ClN2O2S/c1-23(14-16-7-6-12-27-16)18-8-4-5-9-19(18)24(2)21(25)15-10-11-17(22)20(13-15)26-3/h6-7,10-13,18-19H,4-5,8-9,14H2,1-3H3/t18-,19-/m1/s1. The van der Waals surface area contributed by atoms with Gasteiger partial charge in [-0.25, -0.2) is 0 Å². The average molecular weight is 407 g/mol. The fourth-order valence-electron chi connectivity index (χ4n) is 3.97. The second kappa shape index (κ2) is 9.09. The van der Waals surface area contributed by atoms with Crippen molar-refractivity contribution in [3.63, 3.8) is 0 Å². The van der Waals surface area contributed by atoms with Gasteiger partial charge < -0.3 is 9.64 Å². The lowest BCUT2D eigenvalue weighted by atomic mass is 9.88. The number of benzene rings is 1. The van der Waals surface area contributed by atoms with Gasteiger partial charge in [0.05, 0.1) is 12.1 Å². The van der Waals surface area contributed by atoms with E-state index in [1.807, 2.05) is 11.9 Å². The Morgan fingerprint density at radius 3 is 2.63 bits per heavy atom. The van der Waals surface area contributed by atoms with Crippen LogP contribution < -0.4 is 4.74 Å². The molecule has 6 heteroatoms. The summed E-state index contributed by atoms with van der Waals surface area (Å²) in [5.74, 6) is 0.553. The minimum absolute atomic E-state index is 0.0198. The quantitative estimate of drug-likeness (QED) is 0.682. The van der Waals surface area contributed by atoms with Crippen LogP contribution in [0.2, 0.25) is 5.02 Å². The third-order valence-electron chi connectivity index (χ3n) is 5.46. The van der Waals surface area contributed by atoms with Crippen molar-refractivity contribution in [2.75, 3.05) is 21.2 Å². The Balaban J connectivity index is 1.76. The number of hydrogen-bond acceptors (Lipinski definition) is 4. The van der Waals surface area contributed by atoms with E-state index in [0.717, 1.165) is 25.8 Å². The van der Waals surface area contributed by atoms with E-state index in [-0.39, 0.29) is 11.9 Å². The van der Waals surface area contributed by atoms with Crippen LogP contribution in [0.15, 0.2) is 35.7 Å². The average Bonchev–Trinajstić information content (AvgIpc) is 3.20. The number of hydrogen-bond donors (Lipinski definition) is 0. The van der Waals surface area contributed by atoms with Gasteiger partial charge >= 0.3 is 0 Å². The number of nitrogens with zero attached hydrogens (tertiary/aromatic N) is 2. The summed E-state index contributed by atoms with van der Waals surface area (Å²) in [5.41, 5.74) is 0.615. The van der Waals surface area contributed by atoms with Gasteiger partial charge in [0.2, 0.25) is 0 Å². The molecule has 4 nitrogen and oxygen atoms in total. The van der Waals surface area contributed by atoms with E-state index in [1.165, 1.54) is 11.3 Å². The van der Waals surface area contributed by atoms with Gasteiger partial charge in [0.25, 0.3) is 5.91 Å². The van der Waals surface area contributed by atoms with Crippen molar-refractivity contribution in [1.29, 1.82) is 0 Å². The third kappa shape index (κ3) is 4.65. The van der Waals surface area contributed by atoms with Crippen molar-refractivity contribution < 1.29 is 9.53 Å². The Morgan fingerprint density at radius 1 is 1.22 bits per heavy atom. The number of carbonyl (C=O) groups is 1. The fourth-order valence-corrected chi connectivity index (χ4v) is 4.93. The highest BCUT2D eigenvalue weighted by Gasteiger charge is 2.33. The Labute approximate surface area is 170 Å². The SMILES string of the molecule is COc1cc(C(=O)N(C)[C@@H]2CCCC[C@H]2N(C)Cc2cccs2)ccc1Cl. The summed E-state index contributed by atoms with van der Waals surface area (Å²) in [5, 5.41) is 2.63. The van der Waals surface area contributed by atoms with Crippen molar-refractivity contribution in [2.24, 2.45) is 0 Å². The Morgan fingerprint density at radius 2 is 1.96 bits per heavy atom. The van der Waals surface area contributed by atoms with Gasteiger partial charge in [0.1, 0.15) is 5.75 Å². The molecule has 0 saturated heterocycles. The van der Waals surface area contributed by atoms with Crippen LogP contribution >= 0.6 is 22.9 Å². The molecule has 1 aliphatic carbocycles. The molecule has 0 spiro atoms. The molecule has 1 aromatic heterocycles. The lowest BCUT2D eigenvalue weighted by Gasteiger charge is -2.42. The second-order valence-corrected chi connectivity index (χ2v) is 8.62. The van der Waals surface area contributed by atoms with Crippen LogP contribution in [0.25, 0.3) is 0 Å². The van der Waals surface area contributed by atoms with Crippen molar-refractivity contribution in [3.8, 4) is 5.75 Å². The molecule has 1 aliphatic rings. The van der Waals surface area contributed by atoms with Gasteiger partial charge in [0, 0.05) is 36.1 Å². The van der Waals surface area contributed by atoms with Crippen LogP contribution in [0, 0.1) is 0 Å². The van der Waals surface area contributed by atoms with Gasteiger partial charge in [-0.2, -0.15) is 0 Å². The zero-order valence-electron chi connectivity index (χ0n) is 16.2. The van der Waals surface area contributed by atoms with E-state index in [4.69, 9.17) is 16.3 Å². The molecule has 1 saturated carbocycles. The molecular weight excluding hydrogens is 380 g/mol. The second-order valence-electron chi connectivity index (χ2n) is 7.18. The number of methoxy groups -OCH3 is 1. The van der Waals surface area contributed by atoms with Gasteiger partial charge in [-0.05, 0) is 49.5 Å². The van der Waals surface area contributed by atoms with Crippen LogP contribution in [0.4, 0.5) is 0 Å². The molecule has 146 valence electrons. The maximum Gasteiger partial charge on any atom is 0.254 e. The number of thiophene rings is 1.